The van der Waals surface area contributed by atoms with Crippen molar-refractivity contribution in [2.75, 3.05) is 7.11 Å². The van der Waals surface area contributed by atoms with Gasteiger partial charge in [-0.1, -0.05) is 24.3 Å². The second-order valence-electron chi connectivity index (χ2n) is 3.21. The Balaban J connectivity index is 2.88. The van der Waals surface area contributed by atoms with Gasteiger partial charge in [-0.05, 0) is 12.1 Å². The van der Waals surface area contributed by atoms with Crippen LogP contribution in [0.25, 0.3) is 10.8 Å². The van der Waals surface area contributed by atoms with Crippen LogP contribution in [0.15, 0.2) is 41.3 Å². The van der Waals surface area contributed by atoms with Crippen LogP contribution in [0.1, 0.15) is 0 Å². The molecule has 0 atom stereocenters. The van der Waals surface area contributed by atoms with Gasteiger partial charge in [0.1, 0.15) is 10.7 Å². The molecule has 0 aliphatic heterocycles. The van der Waals surface area contributed by atoms with E-state index in [1.165, 1.54) is 12.1 Å². The summed E-state index contributed by atoms with van der Waals surface area (Å²) in [5.74, 6) is -0.453. The number of rotatable bonds is 2. The minimum atomic E-state index is -3.81. The van der Waals surface area contributed by atoms with Crippen LogP contribution in [0.5, 0.6) is 0 Å². The third-order valence-electron chi connectivity index (χ3n) is 2.32. The molecule has 0 radical (unpaired) electrons. The van der Waals surface area contributed by atoms with Gasteiger partial charge in [0, 0.05) is 10.8 Å². The molecular formula is C11H9FO3S. The van der Waals surface area contributed by atoms with E-state index in [0.717, 1.165) is 13.2 Å². The summed E-state index contributed by atoms with van der Waals surface area (Å²) >= 11 is 0. The average molecular weight is 240 g/mol. The van der Waals surface area contributed by atoms with E-state index in [1.54, 1.807) is 18.2 Å². The van der Waals surface area contributed by atoms with Crippen LogP contribution in [-0.2, 0) is 14.3 Å². The van der Waals surface area contributed by atoms with E-state index < -0.39 is 15.9 Å². The van der Waals surface area contributed by atoms with E-state index in [1.807, 2.05) is 0 Å². The third kappa shape index (κ3) is 1.68. The van der Waals surface area contributed by atoms with Gasteiger partial charge in [0.05, 0.1) is 7.11 Å². The topological polar surface area (TPSA) is 43.4 Å². The predicted molar refractivity (Wildman–Crippen MR) is 58.1 cm³/mol. The summed E-state index contributed by atoms with van der Waals surface area (Å²) in [6.45, 7) is 0. The first-order chi connectivity index (χ1) is 7.56. The molecule has 84 valence electrons. The molecule has 0 saturated carbocycles. The quantitative estimate of drug-likeness (QED) is 0.756. The molecule has 5 heteroatoms. The van der Waals surface area contributed by atoms with Crippen molar-refractivity contribution in [2.24, 2.45) is 0 Å². The summed E-state index contributed by atoms with van der Waals surface area (Å²) in [4.78, 5) is -0.0213. The Hall–Kier alpha value is -1.46. The molecule has 16 heavy (non-hydrogen) atoms. The number of fused-ring (bicyclic) bond motifs is 1. The number of hydrogen-bond acceptors (Lipinski definition) is 3. The fraction of sp³-hybridized carbons (Fsp3) is 0.0909. The Kier molecular flexibility index (Phi) is 2.65. The SMILES string of the molecule is COS(=O)(=O)c1ccc(F)c2ccccc12. The van der Waals surface area contributed by atoms with Crippen molar-refractivity contribution in [3.63, 3.8) is 0 Å². The van der Waals surface area contributed by atoms with Gasteiger partial charge in [0.2, 0.25) is 0 Å². The molecule has 0 amide bonds. The molecule has 2 aromatic carbocycles. The van der Waals surface area contributed by atoms with Crippen molar-refractivity contribution in [3.8, 4) is 0 Å². The molecule has 0 aliphatic carbocycles. The molecule has 0 aliphatic rings. The van der Waals surface area contributed by atoms with Crippen molar-refractivity contribution in [1.82, 2.24) is 0 Å². The van der Waals surface area contributed by atoms with Gasteiger partial charge in [0.25, 0.3) is 10.1 Å². The summed E-state index contributed by atoms with van der Waals surface area (Å²) in [6, 6.07) is 8.69. The first kappa shape index (κ1) is 11.0. The van der Waals surface area contributed by atoms with E-state index in [2.05, 4.69) is 4.18 Å². The number of benzene rings is 2. The lowest BCUT2D eigenvalue weighted by atomic mass is 10.1. The van der Waals surface area contributed by atoms with Crippen molar-refractivity contribution in [3.05, 3.63) is 42.2 Å². The van der Waals surface area contributed by atoms with Crippen molar-refractivity contribution >= 4 is 20.9 Å². The van der Waals surface area contributed by atoms with Gasteiger partial charge >= 0.3 is 0 Å². The lowest BCUT2D eigenvalue weighted by Gasteiger charge is -2.06. The molecule has 0 spiro atoms. The van der Waals surface area contributed by atoms with E-state index in [9.17, 15) is 12.8 Å². The van der Waals surface area contributed by atoms with Crippen LogP contribution in [-0.4, -0.2) is 15.5 Å². The summed E-state index contributed by atoms with van der Waals surface area (Å²) in [6.07, 6.45) is 0. The molecular weight excluding hydrogens is 231 g/mol. The highest BCUT2D eigenvalue weighted by molar-refractivity contribution is 7.87. The minimum Gasteiger partial charge on any atom is -0.270 e. The van der Waals surface area contributed by atoms with E-state index in [4.69, 9.17) is 0 Å². The van der Waals surface area contributed by atoms with E-state index in [-0.39, 0.29) is 10.3 Å². The van der Waals surface area contributed by atoms with E-state index >= 15 is 0 Å². The fourth-order valence-corrected chi connectivity index (χ4v) is 2.40. The van der Waals surface area contributed by atoms with Gasteiger partial charge in [-0.15, -0.1) is 0 Å². The van der Waals surface area contributed by atoms with Crippen molar-refractivity contribution in [2.45, 2.75) is 4.90 Å². The molecule has 2 aromatic rings. The lowest BCUT2D eigenvalue weighted by molar-refractivity contribution is 0.398. The summed E-state index contributed by atoms with van der Waals surface area (Å²) in [7, 11) is -2.73. The molecule has 0 fully saturated rings. The van der Waals surface area contributed by atoms with Gasteiger partial charge in [0.15, 0.2) is 0 Å². The van der Waals surface area contributed by atoms with Gasteiger partial charge < -0.3 is 0 Å². The summed E-state index contributed by atoms with van der Waals surface area (Å²) in [5, 5.41) is 0.588. The zero-order chi connectivity index (χ0) is 11.8. The van der Waals surface area contributed by atoms with Crippen LogP contribution in [0.4, 0.5) is 4.39 Å². The summed E-state index contributed by atoms with van der Waals surface area (Å²) < 4.78 is 41.0. The molecule has 0 saturated heterocycles. The van der Waals surface area contributed by atoms with E-state index in [0.29, 0.717) is 5.39 Å². The minimum absolute atomic E-state index is 0.0213. The van der Waals surface area contributed by atoms with Crippen LogP contribution in [0, 0.1) is 5.82 Å². The number of halogens is 1. The molecule has 2 rings (SSSR count). The van der Waals surface area contributed by atoms with Gasteiger partial charge in [-0.2, -0.15) is 8.42 Å². The largest absolute Gasteiger partial charge is 0.297 e. The first-order valence-corrected chi connectivity index (χ1v) is 5.95. The molecule has 0 bridgehead atoms. The first-order valence-electron chi connectivity index (χ1n) is 4.54. The number of hydrogen-bond donors (Lipinski definition) is 0. The van der Waals surface area contributed by atoms with Crippen LogP contribution >= 0.6 is 0 Å². The predicted octanol–water partition coefficient (Wildman–Crippen LogP) is 2.31. The Morgan fingerprint density at radius 2 is 1.69 bits per heavy atom. The van der Waals surface area contributed by atoms with Crippen LogP contribution in [0.2, 0.25) is 0 Å². The lowest BCUT2D eigenvalue weighted by Crippen LogP contribution is -2.03. The smallest absolute Gasteiger partial charge is 0.270 e. The Morgan fingerprint density at radius 3 is 2.31 bits per heavy atom. The van der Waals surface area contributed by atoms with Gasteiger partial charge in [-0.3, -0.25) is 4.18 Å². The zero-order valence-corrected chi connectivity index (χ0v) is 9.29. The zero-order valence-electron chi connectivity index (χ0n) is 8.48. The third-order valence-corrected chi connectivity index (χ3v) is 3.65. The highest BCUT2D eigenvalue weighted by atomic mass is 32.2. The monoisotopic (exact) mass is 240 g/mol. The van der Waals surface area contributed by atoms with Crippen LogP contribution in [0.3, 0.4) is 0 Å². The normalized spacial score (nSPS) is 11.9. The Labute approximate surface area is 92.6 Å². The standard InChI is InChI=1S/C11H9FO3S/c1-15-16(13,14)11-7-6-10(12)8-4-2-3-5-9(8)11/h2-7H,1H3. The molecule has 3 nitrogen and oxygen atoms in total. The maximum Gasteiger partial charge on any atom is 0.297 e. The van der Waals surface area contributed by atoms with Crippen LogP contribution < -0.4 is 0 Å². The molecule has 0 unspecified atom stereocenters. The maximum absolute atomic E-state index is 13.4. The molecule has 0 aromatic heterocycles. The Bertz CT molecular complexity index is 635. The van der Waals surface area contributed by atoms with Gasteiger partial charge in [-0.25, -0.2) is 4.39 Å². The maximum atomic E-state index is 13.4. The van der Waals surface area contributed by atoms with Crippen molar-refractivity contribution in [1.29, 1.82) is 0 Å². The molecule has 0 heterocycles. The Morgan fingerprint density at radius 1 is 1.06 bits per heavy atom. The molecule has 0 N–H and O–H groups in total. The second kappa shape index (κ2) is 3.84. The summed E-state index contributed by atoms with van der Waals surface area (Å²) in [5.41, 5.74) is 0. The highest BCUT2D eigenvalue weighted by Gasteiger charge is 2.17. The van der Waals surface area contributed by atoms with Crippen molar-refractivity contribution < 1.29 is 17.0 Å². The second-order valence-corrected chi connectivity index (χ2v) is 4.89. The fourth-order valence-electron chi connectivity index (χ4n) is 1.54. The highest BCUT2D eigenvalue weighted by Crippen LogP contribution is 2.26. The average Bonchev–Trinajstić information content (AvgIpc) is 2.29.